The third-order valence-corrected chi connectivity index (χ3v) is 6.91. The number of para-hydroxylation sites is 2. The molecule has 0 saturated heterocycles. The number of fused-ring (bicyclic) bond motifs is 1. The molecule has 0 bridgehead atoms. The summed E-state index contributed by atoms with van der Waals surface area (Å²) in [5.41, 5.74) is 5.63. The first-order chi connectivity index (χ1) is 14.5. The Morgan fingerprint density at radius 3 is 2.53 bits per heavy atom. The van der Waals surface area contributed by atoms with E-state index in [1.54, 1.807) is 30.3 Å². The van der Waals surface area contributed by atoms with E-state index in [1.165, 1.54) is 17.8 Å². The quantitative estimate of drug-likeness (QED) is 0.255. The average molecular weight is 441 g/mol. The normalized spacial score (nSPS) is 11.5. The highest BCUT2D eigenvalue weighted by Gasteiger charge is 2.21. The Kier molecular flexibility index (Phi) is 5.72. The van der Waals surface area contributed by atoms with E-state index < -0.39 is 10.0 Å². The molecular formula is C22H20N2O4S2. The molecule has 4 aromatic rings. The highest BCUT2D eigenvalue weighted by molar-refractivity contribution is 7.98. The van der Waals surface area contributed by atoms with Gasteiger partial charge < -0.3 is 4.42 Å². The van der Waals surface area contributed by atoms with Crippen molar-refractivity contribution < 1.29 is 18.0 Å². The van der Waals surface area contributed by atoms with Crippen LogP contribution >= 0.6 is 11.8 Å². The Balaban J connectivity index is 1.61. The number of thioether (sulfide) groups is 1. The van der Waals surface area contributed by atoms with Gasteiger partial charge in [-0.25, -0.2) is 0 Å². The van der Waals surface area contributed by atoms with Crippen LogP contribution < -0.4 is 10.2 Å². The second kappa shape index (κ2) is 8.43. The summed E-state index contributed by atoms with van der Waals surface area (Å²) in [4.78, 5) is 0.771. The molecule has 0 amide bonds. The van der Waals surface area contributed by atoms with Gasteiger partial charge in [0.25, 0.3) is 10.0 Å². The highest BCUT2D eigenvalue weighted by Crippen LogP contribution is 2.34. The number of furan rings is 1. The second-order valence-electron chi connectivity index (χ2n) is 6.77. The van der Waals surface area contributed by atoms with E-state index in [9.17, 15) is 13.6 Å². The van der Waals surface area contributed by atoms with Crippen molar-refractivity contribution in [1.29, 1.82) is 0 Å². The van der Waals surface area contributed by atoms with Crippen LogP contribution in [0.1, 0.15) is 11.1 Å². The van der Waals surface area contributed by atoms with Crippen molar-refractivity contribution in [3.8, 4) is 0 Å². The molecule has 0 saturated carbocycles. The number of nitrogens with one attached hydrogen (secondary N) is 2. The van der Waals surface area contributed by atoms with Gasteiger partial charge in [-0.15, -0.1) is 11.8 Å². The molecule has 30 heavy (non-hydrogen) atoms. The first-order valence-corrected chi connectivity index (χ1v) is 11.7. The standard InChI is InChI=1S/C22H20N2O4S2/c1-15-10-11-21(29-14-17-7-2-4-8-18(17)23-25)19(12-15)24-30(26,27)22-13-16-6-3-5-9-20(16)28-22/h2-13,23-25H,14H2,1H3. The molecule has 154 valence electrons. The van der Waals surface area contributed by atoms with Crippen LogP contribution in [0.3, 0.4) is 0 Å². The van der Waals surface area contributed by atoms with Gasteiger partial charge in [0.05, 0.1) is 11.4 Å². The minimum absolute atomic E-state index is 0.129. The molecular weight excluding hydrogens is 420 g/mol. The first kappa shape index (κ1) is 20.3. The highest BCUT2D eigenvalue weighted by atomic mass is 32.2. The molecule has 3 N–H and O–H groups in total. The van der Waals surface area contributed by atoms with Crippen LogP contribution in [0, 0.1) is 6.92 Å². The molecule has 0 fully saturated rings. The largest absolute Gasteiger partial charge is 0.443 e. The zero-order valence-electron chi connectivity index (χ0n) is 16.1. The Bertz CT molecular complexity index is 1270. The van der Waals surface area contributed by atoms with Crippen molar-refractivity contribution in [3.05, 3.63) is 83.9 Å². The van der Waals surface area contributed by atoms with Gasteiger partial charge in [-0.3, -0.25) is 15.4 Å². The monoisotopic (exact) mass is 440 g/mol. The zero-order chi connectivity index (χ0) is 21.1. The zero-order valence-corrected chi connectivity index (χ0v) is 17.8. The van der Waals surface area contributed by atoms with Crippen molar-refractivity contribution in [2.24, 2.45) is 0 Å². The first-order valence-electron chi connectivity index (χ1n) is 9.19. The molecule has 0 radical (unpaired) electrons. The smallest absolute Gasteiger partial charge is 0.295 e. The molecule has 4 rings (SSSR count). The maximum atomic E-state index is 13.0. The van der Waals surface area contributed by atoms with E-state index in [4.69, 9.17) is 4.42 Å². The molecule has 0 spiro atoms. The van der Waals surface area contributed by atoms with Crippen LogP contribution in [-0.2, 0) is 15.8 Å². The van der Waals surface area contributed by atoms with Crippen LogP contribution in [0.25, 0.3) is 11.0 Å². The summed E-state index contributed by atoms with van der Waals surface area (Å²) >= 11 is 1.47. The number of sulfonamides is 1. The van der Waals surface area contributed by atoms with Gasteiger partial charge in [0.1, 0.15) is 5.58 Å². The summed E-state index contributed by atoms with van der Waals surface area (Å²) < 4.78 is 34.1. The second-order valence-corrected chi connectivity index (χ2v) is 9.40. The molecule has 6 nitrogen and oxygen atoms in total. The summed E-state index contributed by atoms with van der Waals surface area (Å²) in [6, 6.07) is 21.7. The number of hydrogen-bond donors (Lipinski definition) is 3. The summed E-state index contributed by atoms with van der Waals surface area (Å²) in [7, 11) is -3.89. The molecule has 3 aromatic carbocycles. The Hall–Kier alpha value is -2.94. The molecule has 1 aromatic heterocycles. The fourth-order valence-corrected chi connectivity index (χ4v) is 5.14. The van der Waals surface area contributed by atoms with E-state index in [2.05, 4.69) is 10.2 Å². The molecule has 1 heterocycles. The lowest BCUT2D eigenvalue weighted by molar-refractivity contribution is 0.388. The molecule has 0 aliphatic heterocycles. The molecule has 0 aliphatic carbocycles. The van der Waals surface area contributed by atoms with Crippen molar-refractivity contribution in [3.63, 3.8) is 0 Å². The van der Waals surface area contributed by atoms with E-state index in [1.807, 2.05) is 43.3 Å². The maximum absolute atomic E-state index is 13.0. The van der Waals surface area contributed by atoms with Gasteiger partial charge >= 0.3 is 0 Å². The Labute approximate surface area is 178 Å². The number of anilines is 2. The van der Waals surface area contributed by atoms with E-state index >= 15 is 0 Å². The van der Waals surface area contributed by atoms with E-state index in [-0.39, 0.29) is 5.09 Å². The van der Waals surface area contributed by atoms with E-state index in [0.29, 0.717) is 22.7 Å². The fraction of sp³-hybridized carbons (Fsp3) is 0.0909. The van der Waals surface area contributed by atoms with Gasteiger partial charge in [0.15, 0.2) is 0 Å². The van der Waals surface area contributed by atoms with Crippen LogP contribution in [-0.4, -0.2) is 13.6 Å². The predicted molar refractivity (Wildman–Crippen MR) is 120 cm³/mol. The summed E-state index contributed by atoms with van der Waals surface area (Å²) in [6.45, 7) is 1.90. The lowest BCUT2D eigenvalue weighted by atomic mass is 10.2. The Morgan fingerprint density at radius 1 is 0.967 bits per heavy atom. The number of hydrogen-bond acceptors (Lipinski definition) is 6. The minimum Gasteiger partial charge on any atom is -0.443 e. The lowest BCUT2D eigenvalue weighted by Gasteiger charge is -2.13. The summed E-state index contributed by atoms with van der Waals surface area (Å²) in [5.74, 6) is 0.548. The van der Waals surface area contributed by atoms with Gasteiger partial charge in [0.2, 0.25) is 5.09 Å². The van der Waals surface area contributed by atoms with E-state index in [0.717, 1.165) is 21.4 Å². The van der Waals surface area contributed by atoms with Crippen LogP contribution in [0.2, 0.25) is 0 Å². The van der Waals surface area contributed by atoms with Gasteiger partial charge in [-0.1, -0.05) is 42.5 Å². The molecule has 0 aliphatic rings. The van der Waals surface area contributed by atoms with Crippen LogP contribution in [0.15, 0.2) is 87.2 Å². The van der Waals surface area contributed by atoms with Crippen molar-refractivity contribution >= 4 is 44.1 Å². The molecule has 8 heteroatoms. The van der Waals surface area contributed by atoms with Crippen LogP contribution in [0.4, 0.5) is 11.4 Å². The van der Waals surface area contributed by atoms with Crippen molar-refractivity contribution in [2.45, 2.75) is 22.7 Å². The third-order valence-electron chi connectivity index (χ3n) is 4.57. The fourth-order valence-electron chi connectivity index (χ4n) is 3.05. The maximum Gasteiger partial charge on any atom is 0.295 e. The lowest BCUT2D eigenvalue weighted by Crippen LogP contribution is -2.13. The van der Waals surface area contributed by atoms with Crippen molar-refractivity contribution in [2.75, 3.05) is 10.2 Å². The number of rotatable bonds is 7. The number of benzene rings is 3. The molecule has 0 atom stereocenters. The Morgan fingerprint density at radius 2 is 1.73 bits per heavy atom. The SMILES string of the molecule is Cc1ccc(SCc2ccccc2NO)c(NS(=O)(=O)c2cc3ccccc3o2)c1. The van der Waals surface area contributed by atoms with Crippen LogP contribution in [0.5, 0.6) is 0 Å². The van der Waals surface area contributed by atoms with Gasteiger partial charge in [-0.2, -0.15) is 8.42 Å². The summed E-state index contributed by atoms with van der Waals surface area (Å²) in [6.07, 6.45) is 0. The van der Waals surface area contributed by atoms with Gasteiger partial charge in [0, 0.05) is 22.1 Å². The number of aryl methyl sites for hydroxylation is 1. The average Bonchev–Trinajstić information content (AvgIpc) is 3.18. The minimum atomic E-state index is -3.89. The van der Waals surface area contributed by atoms with Crippen molar-refractivity contribution in [1.82, 2.24) is 0 Å². The summed E-state index contributed by atoms with van der Waals surface area (Å²) in [5, 5.41) is 9.88. The van der Waals surface area contributed by atoms with Gasteiger partial charge in [-0.05, 0) is 42.3 Å². The third kappa shape index (κ3) is 4.30. The molecule has 0 unspecified atom stereocenters. The predicted octanol–water partition coefficient (Wildman–Crippen LogP) is 5.64. The topological polar surface area (TPSA) is 91.6 Å².